The van der Waals surface area contributed by atoms with Crippen molar-refractivity contribution in [3.8, 4) is 0 Å². The molecule has 142 valence electrons. The lowest BCUT2D eigenvalue weighted by atomic mass is 10.4. The van der Waals surface area contributed by atoms with Crippen molar-refractivity contribution < 1.29 is 13.2 Å². The third-order valence-electron chi connectivity index (χ3n) is 4.01. The fourth-order valence-corrected chi connectivity index (χ4v) is 5.52. The van der Waals surface area contributed by atoms with Crippen LogP contribution in [0.3, 0.4) is 0 Å². The Hall–Kier alpha value is -0.970. The minimum Gasteiger partial charge on any atom is -0.384 e. The smallest absolute Gasteiger partial charge is 0.244 e. The Bertz CT molecular complexity index is 868. The van der Waals surface area contributed by atoms with E-state index < -0.39 is 10.0 Å². The number of nitrogens with zero attached hydrogens (tertiary/aromatic N) is 4. The number of benzene rings is 1. The summed E-state index contributed by atoms with van der Waals surface area (Å²) in [6, 6.07) is 4.45. The van der Waals surface area contributed by atoms with E-state index in [0.29, 0.717) is 44.2 Å². The number of hydrogen-bond donors (Lipinski definition) is 0. The van der Waals surface area contributed by atoms with E-state index in [9.17, 15) is 8.42 Å². The van der Waals surface area contributed by atoms with Crippen LogP contribution in [-0.4, -0.2) is 62.0 Å². The van der Waals surface area contributed by atoms with Crippen LogP contribution >= 0.6 is 34.7 Å². The van der Waals surface area contributed by atoms with Crippen LogP contribution in [0.4, 0.5) is 5.13 Å². The van der Waals surface area contributed by atoms with Gasteiger partial charge in [0.2, 0.25) is 15.2 Å². The highest BCUT2D eigenvalue weighted by molar-refractivity contribution is 7.89. The van der Waals surface area contributed by atoms with E-state index >= 15 is 0 Å². The average Bonchev–Trinajstić information content (AvgIpc) is 3.11. The molecule has 0 aliphatic carbocycles. The molecule has 1 fully saturated rings. The molecule has 2 aromatic rings. The Morgan fingerprint density at radius 1 is 1.23 bits per heavy atom. The molecular weight excluding hydrogens is 419 g/mol. The number of piperazine rings is 1. The second kappa shape index (κ2) is 8.37. The molecule has 0 spiro atoms. The van der Waals surface area contributed by atoms with Gasteiger partial charge in [-0.1, -0.05) is 23.2 Å². The van der Waals surface area contributed by atoms with Gasteiger partial charge >= 0.3 is 0 Å². The van der Waals surface area contributed by atoms with Crippen LogP contribution in [0.15, 0.2) is 23.1 Å². The van der Waals surface area contributed by atoms with Gasteiger partial charge in [-0.25, -0.2) is 13.4 Å². The summed E-state index contributed by atoms with van der Waals surface area (Å²) in [5, 5.41) is 1.31. The second-order valence-electron chi connectivity index (χ2n) is 5.70. The number of aromatic nitrogens is 2. The molecular formula is C15H18Cl2N4O3S2. The molecule has 1 aromatic heterocycles. The lowest BCUT2D eigenvalue weighted by Gasteiger charge is -2.33. The molecule has 1 aromatic carbocycles. The number of methoxy groups -OCH3 is 1. The maximum Gasteiger partial charge on any atom is 0.244 e. The van der Waals surface area contributed by atoms with E-state index in [1.54, 1.807) is 13.2 Å². The number of sulfonamides is 1. The molecule has 11 heteroatoms. The molecule has 26 heavy (non-hydrogen) atoms. The third-order valence-corrected chi connectivity index (χ3v) is 7.44. The Morgan fingerprint density at radius 2 is 1.96 bits per heavy atom. The van der Waals surface area contributed by atoms with Crippen LogP contribution < -0.4 is 4.90 Å². The number of ether oxygens (including phenoxy) is 1. The molecule has 0 unspecified atom stereocenters. The molecule has 0 amide bonds. The van der Waals surface area contributed by atoms with Gasteiger partial charge in [0.15, 0.2) is 0 Å². The van der Waals surface area contributed by atoms with Crippen molar-refractivity contribution in [1.29, 1.82) is 0 Å². The van der Waals surface area contributed by atoms with Crippen LogP contribution in [-0.2, 0) is 21.2 Å². The number of anilines is 1. The SMILES string of the molecule is COCCc1nsc(N2CCN(S(=O)(=O)c3cc(Cl)ccc3Cl)CC2)n1. The molecule has 7 nitrogen and oxygen atoms in total. The van der Waals surface area contributed by atoms with Crippen molar-refractivity contribution in [2.75, 3.05) is 44.8 Å². The van der Waals surface area contributed by atoms with Gasteiger partial charge in [-0.3, -0.25) is 0 Å². The van der Waals surface area contributed by atoms with Gasteiger partial charge in [-0.05, 0) is 18.2 Å². The van der Waals surface area contributed by atoms with Crippen molar-refractivity contribution in [1.82, 2.24) is 13.7 Å². The number of halogens is 2. The monoisotopic (exact) mass is 436 g/mol. The van der Waals surface area contributed by atoms with Gasteiger partial charge < -0.3 is 9.64 Å². The van der Waals surface area contributed by atoms with Gasteiger partial charge in [0.1, 0.15) is 10.7 Å². The maximum atomic E-state index is 12.9. The van der Waals surface area contributed by atoms with E-state index in [-0.39, 0.29) is 9.92 Å². The van der Waals surface area contributed by atoms with Crippen LogP contribution in [0.5, 0.6) is 0 Å². The zero-order valence-corrected chi connectivity index (χ0v) is 17.2. The highest BCUT2D eigenvalue weighted by atomic mass is 35.5. The molecule has 0 atom stereocenters. The predicted octanol–water partition coefficient (Wildman–Crippen LogP) is 2.54. The first kappa shape index (κ1) is 19.8. The lowest BCUT2D eigenvalue weighted by molar-refractivity contribution is 0.201. The van der Waals surface area contributed by atoms with E-state index in [1.165, 1.54) is 28.0 Å². The van der Waals surface area contributed by atoms with Crippen LogP contribution in [0, 0.1) is 0 Å². The van der Waals surface area contributed by atoms with E-state index in [2.05, 4.69) is 9.36 Å². The van der Waals surface area contributed by atoms with Gasteiger partial charge in [-0.2, -0.15) is 8.68 Å². The molecule has 3 rings (SSSR count). The van der Waals surface area contributed by atoms with Crippen LogP contribution in [0.2, 0.25) is 10.0 Å². The van der Waals surface area contributed by atoms with Gasteiger partial charge in [0.25, 0.3) is 0 Å². The van der Waals surface area contributed by atoms with Crippen molar-refractivity contribution >= 4 is 49.9 Å². The fraction of sp³-hybridized carbons (Fsp3) is 0.467. The predicted molar refractivity (Wildman–Crippen MR) is 103 cm³/mol. The fourth-order valence-electron chi connectivity index (χ4n) is 2.60. The molecule has 0 radical (unpaired) electrons. The number of rotatable bonds is 6. The molecule has 0 bridgehead atoms. The normalized spacial score (nSPS) is 16.2. The lowest BCUT2D eigenvalue weighted by Crippen LogP contribution is -2.48. The summed E-state index contributed by atoms with van der Waals surface area (Å²) in [7, 11) is -2.05. The third kappa shape index (κ3) is 4.29. The molecule has 1 aliphatic heterocycles. The molecule has 0 saturated carbocycles. The van der Waals surface area contributed by atoms with E-state index in [4.69, 9.17) is 27.9 Å². The molecule has 1 saturated heterocycles. The summed E-state index contributed by atoms with van der Waals surface area (Å²) in [5.74, 6) is 0.743. The van der Waals surface area contributed by atoms with Gasteiger partial charge in [0.05, 0.1) is 11.6 Å². The zero-order chi connectivity index (χ0) is 18.7. The Morgan fingerprint density at radius 3 is 2.65 bits per heavy atom. The highest BCUT2D eigenvalue weighted by Gasteiger charge is 2.31. The van der Waals surface area contributed by atoms with Gasteiger partial charge in [0, 0.05) is 56.3 Å². The van der Waals surface area contributed by atoms with E-state index in [0.717, 1.165) is 11.0 Å². The van der Waals surface area contributed by atoms with Crippen molar-refractivity contribution in [3.63, 3.8) is 0 Å². The minimum absolute atomic E-state index is 0.0397. The summed E-state index contributed by atoms with van der Waals surface area (Å²) in [6.45, 7) is 2.34. The van der Waals surface area contributed by atoms with Crippen LogP contribution in [0.25, 0.3) is 0 Å². The largest absolute Gasteiger partial charge is 0.384 e. The minimum atomic E-state index is -3.69. The van der Waals surface area contributed by atoms with Crippen LogP contribution in [0.1, 0.15) is 5.82 Å². The average molecular weight is 437 g/mol. The first-order valence-electron chi connectivity index (χ1n) is 7.93. The summed E-state index contributed by atoms with van der Waals surface area (Å²) in [5.41, 5.74) is 0. The maximum absolute atomic E-state index is 12.9. The summed E-state index contributed by atoms with van der Waals surface area (Å²) >= 11 is 13.3. The van der Waals surface area contributed by atoms with Crippen molar-refractivity contribution in [3.05, 3.63) is 34.1 Å². The molecule has 2 heterocycles. The summed E-state index contributed by atoms with van der Waals surface area (Å²) in [4.78, 5) is 6.57. The van der Waals surface area contributed by atoms with Gasteiger partial charge in [-0.15, -0.1) is 0 Å². The zero-order valence-electron chi connectivity index (χ0n) is 14.1. The standard InChI is InChI=1S/C15H18Cl2N4O3S2/c1-24-9-4-14-18-15(25-19-14)20-5-7-21(8-6-20)26(22,23)13-10-11(16)2-3-12(13)17/h2-3,10H,4-9H2,1H3. The molecule has 1 aliphatic rings. The first-order chi connectivity index (χ1) is 12.4. The summed E-state index contributed by atoms with van der Waals surface area (Å²) in [6.07, 6.45) is 0.661. The Kier molecular flexibility index (Phi) is 6.37. The Balaban J connectivity index is 1.68. The highest BCUT2D eigenvalue weighted by Crippen LogP contribution is 2.29. The van der Waals surface area contributed by atoms with Crippen molar-refractivity contribution in [2.24, 2.45) is 0 Å². The molecule has 0 N–H and O–H groups in total. The summed E-state index contributed by atoms with van der Waals surface area (Å²) < 4.78 is 36.5. The second-order valence-corrected chi connectivity index (χ2v) is 9.18. The number of hydrogen-bond acceptors (Lipinski definition) is 7. The first-order valence-corrected chi connectivity index (χ1v) is 10.9. The van der Waals surface area contributed by atoms with E-state index in [1.807, 2.05) is 4.90 Å². The topological polar surface area (TPSA) is 75.6 Å². The Labute approximate surface area is 166 Å². The quantitative estimate of drug-likeness (QED) is 0.692. The van der Waals surface area contributed by atoms with Crippen molar-refractivity contribution in [2.45, 2.75) is 11.3 Å².